The third-order valence-electron chi connectivity index (χ3n) is 5.46. The third kappa shape index (κ3) is 6.28. The van der Waals surface area contributed by atoms with Gasteiger partial charge in [-0.1, -0.05) is 29.6 Å². The fourth-order valence-corrected chi connectivity index (χ4v) is 4.48. The molecule has 166 valence electrons. The van der Waals surface area contributed by atoms with Crippen molar-refractivity contribution in [3.8, 4) is 11.5 Å². The van der Waals surface area contributed by atoms with Crippen molar-refractivity contribution in [2.24, 2.45) is 11.8 Å². The van der Waals surface area contributed by atoms with Gasteiger partial charge in [0.1, 0.15) is 11.5 Å². The lowest BCUT2D eigenvalue weighted by Gasteiger charge is -2.19. The average molecular weight is 465 g/mol. The van der Waals surface area contributed by atoms with Crippen LogP contribution in [0, 0.1) is 11.8 Å². The summed E-state index contributed by atoms with van der Waals surface area (Å²) in [6.07, 6.45) is 2.22. The predicted octanol–water partition coefficient (Wildman–Crippen LogP) is 4.36. The molecule has 1 aliphatic carbocycles. The standard InChI is InChI=1S/C23H26Cl2N2O4/c1-30-18-8-15(9-19(11-18)31-2)13-27-23(29)21-5-3-4-20(21)22(28)26-12-14-6-16(24)10-17(25)7-14/h6-11,20-21H,3-5,12-13H2,1-2H3,(H,26,28)(H,27,29)/t20-,21-/m1/s1. The summed E-state index contributed by atoms with van der Waals surface area (Å²) in [5, 5.41) is 6.90. The molecular formula is C23H26Cl2N2O4. The monoisotopic (exact) mass is 464 g/mol. The molecule has 2 atom stereocenters. The Hall–Kier alpha value is -2.44. The highest BCUT2D eigenvalue weighted by molar-refractivity contribution is 6.34. The zero-order chi connectivity index (χ0) is 22.4. The molecule has 2 amide bonds. The molecule has 2 aromatic rings. The minimum absolute atomic E-state index is 0.120. The molecule has 2 aromatic carbocycles. The molecule has 1 saturated carbocycles. The minimum atomic E-state index is -0.352. The van der Waals surface area contributed by atoms with E-state index in [0.717, 1.165) is 17.5 Å². The smallest absolute Gasteiger partial charge is 0.224 e. The van der Waals surface area contributed by atoms with E-state index in [9.17, 15) is 9.59 Å². The van der Waals surface area contributed by atoms with Crippen LogP contribution in [0.2, 0.25) is 10.0 Å². The van der Waals surface area contributed by atoms with Crippen molar-refractivity contribution in [1.29, 1.82) is 0 Å². The number of benzene rings is 2. The van der Waals surface area contributed by atoms with Gasteiger partial charge in [-0.2, -0.15) is 0 Å². The van der Waals surface area contributed by atoms with Crippen molar-refractivity contribution in [3.05, 3.63) is 57.6 Å². The highest BCUT2D eigenvalue weighted by Crippen LogP contribution is 2.32. The largest absolute Gasteiger partial charge is 0.497 e. The molecule has 8 heteroatoms. The molecule has 0 aliphatic heterocycles. The molecule has 0 aromatic heterocycles. The van der Waals surface area contributed by atoms with Gasteiger partial charge in [0.15, 0.2) is 0 Å². The summed E-state index contributed by atoms with van der Waals surface area (Å²) in [7, 11) is 3.16. The van der Waals surface area contributed by atoms with E-state index in [1.54, 1.807) is 38.5 Å². The number of hydrogen-bond donors (Lipinski definition) is 2. The number of carbonyl (C=O) groups excluding carboxylic acids is 2. The molecular weight excluding hydrogens is 439 g/mol. The second-order valence-electron chi connectivity index (χ2n) is 7.58. The van der Waals surface area contributed by atoms with Gasteiger partial charge in [0.25, 0.3) is 0 Å². The minimum Gasteiger partial charge on any atom is -0.497 e. The van der Waals surface area contributed by atoms with Crippen molar-refractivity contribution in [2.45, 2.75) is 32.4 Å². The number of rotatable bonds is 8. The zero-order valence-electron chi connectivity index (χ0n) is 17.5. The second-order valence-corrected chi connectivity index (χ2v) is 8.45. The molecule has 1 aliphatic rings. The number of halogens is 2. The van der Waals surface area contributed by atoms with E-state index in [0.29, 0.717) is 47.5 Å². The average Bonchev–Trinajstić information content (AvgIpc) is 3.25. The number of hydrogen-bond acceptors (Lipinski definition) is 4. The zero-order valence-corrected chi connectivity index (χ0v) is 19.1. The number of amides is 2. The number of carbonyl (C=O) groups is 2. The van der Waals surface area contributed by atoms with Gasteiger partial charge in [-0.15, -0.1) is 0 Å². The van der Waals surface area contributed by atoms with E-state index in [2.05, 4.69) is 10.6 Å². The van der Waals surface area contributed by atoms with Crippen LogP contribution in [0.15, 0.2) is 36.4 Å². The molecule has 6 nitrogen and oxygen atoms in total. The van der Waals surface area contributed by atoms with E-state index < -0.39 is 0 Å². The molecule has 2 N–H and O–H groups in total. The van der Waals surface area contributed by atoms with Crippen molar-refractivity contribution >= 4 is 35.0 Å². The summed E-state index contributed by atoms with van der Waals surface area (Å²) in [6.45, 7) is 0.645. The summed E-state index contributed by atoms with van der Waals surface area (Å²) < 4.78 is 10.5. The predicted molar refractivity (Wildman–Crippen MR) is 121 cm³/mol. The van der Waals surface area contributed by atoms with Crippen LogP contribution in [0.1, 0.15) is 30.4 Å². The van der Waals surface area contributed by atoms with Crippen molar-refractivity contribution in [3.63, 3.8) is 0 Å². The van der Waals surface area contributed by atoms with Gasteiger partial charge in [0.2, 0.25) is 11.8 Å². The maximum atomic E-state index is 12.8. The Morgan fingerprint density at radius 2 is 1.26 bits per heavy atom. The van der Waals surface area contributed by atoms with Crippen LogP contribution in [-0.2, 0) is 22.7 Å². The Balaban J connectivity index is 1.57. The fourth-order valence-electron chi connectivity index (χ4n) is 3.91. The van der Waals surface area contributed by atoms with Gasteiger partial charge >= 0.3 is 0 Å². The summed E-state index contributed by atoms with van der Waals surface area (Å²) in [5.74, 6) is 0.359. The number of ether oxygens (including phenoxy) is 2. The first-order valence-corrected chi connectivity index (χ1v) is 10.9. The van der Waals surface area contributed by atoms with E-state index in [1.807, 2.05) is 12.1 Å². The maximum absolute atomic E-state index is 12.8. The number of methoxy groups -OCH3 is 2. The van der Waals surface area contributed by atoms with Crippen molar-refractivity contribution in [1.82, 2.24) is 10.6 Å². The van der Waals surface area contributed by atoms with Crippen molar-refractivity contribution < 1.29 is 19.1 Å². The van der Waals surface area contributed by atoms with Gasteiger partial charge in [-0.05, 0) is 54.3 Å². The van der Waals surface area contributed by atoms with E-state index in [-0.39, 0.29) is 23.7 Å². The highest BCUT2D eigenvalue weighted by Gasteiger charge is 2.37. The normalized spacial score (nSPS) is 17.8. The Morgan fingerprint density at radius 3 is 1.71 bits per heavy atom. The van der Waals surface area contributed by atoms with Crippen LogP contribution in [-0.4, -0.2) is 26.0 Å². The van der Waals surface area contributed by atoms with Crippen molar-refractivity contribution in [2.75, 3.05) is 14.2 Å². The molecule has 0 spiro atoms. The van der Waals surface area contributed by atoms with Gasteiger partial charge in [-0.3, -0.25) is 9.59 Å². The Morgan fingerprint density at radius 1 is 0.806 bits per heavy atom. The second kappa shape index (κ2) is 10.7. The van der Waals surface area contributed by atoms with Gasteiger partial charge in [-0.25, -0.2) is 0 Å². The third-order valence-corrected chi connectivity index (χ3v) is 5.89. The number of nitrogens with one attached hydrogen (secondary N) is 2. The topological polar surface area (TPSA) is 76.7 Å². The maximum Gasteiger partial charge on any atom is 0.224 e. The summed E-state index contributed by atoms with van der Waals surface area (Å²) in [4.78, 5) is 25.6. The van der Waals surface area contributed by atoms with E-state index >= 15 is 0 Å². The van der Waals surface area contributed by atoms with Crippen LogP contribution in [0.5, 0.6) is 11.5 Å². The summed E-state index contributed by atoms with van der Waals surface area (Å²) in [5.41, 5.74) is 1.68. The van der Waals surface area contributed by atoms with Crippen LogP contribution in [0.3, 0.4) is 0 Å². The first-order valence-electron chi connectivity index (χ1n) is 10.1. The van der Waals surface area contributed by atoms with Crippen LogP contribution in [0.25, 0.3) is 0 Å². The molecule has 31 heavy (non-hydrogen) atoms. The van der Waals surface area contributed by atoms with Gasteiger partial charge < -0.3 is 20.1 Å². The first-order chi connectivity index (χ1) is 14.9. The fraction of sp³-hybridized carbons (Fsp3) is 0.391. The lowest BCUT2D eigenvalue weighted by molar-refractivity contribution is -0.133. The van der Waals surface area contributed by atoms with Gasteiger partial charge in [0, 0.05) is 41.0 Å². The Bertz CT molecular complexity index is 909. The Kier molecular flexibility index (Phi) is 8.04. The molecule has 0 bridgehead atoms. The lowest BCUT2D eigenvalue weighted by Crippen LogP contribution is -2.39. The van der Waals surface area contributed by atoms with Crippen LogP contribution in [0.4, 0.5) is 0 Å². The molecule has 1 fully saturated rings. The lowest BCUT2D eigenvalue weighted by atomic mass is 9.94. The van der Waals surface area contributed by atoms with Gasteiger partial charge in [0.05, 0.1) is 14.2 Å². The molecule has 3 rings (SSSR count). The highest BCUT2D eigenvalue weighted by atomic mass is 35.5. The first kappa shape index (κ1) is 23.2. The molecule has 0 heterocycles. The van der Waals surface area contributed by atoms with E-state index in [4.69, 9.17) is 32.7 Å². The SMILES string of the molecule is COc1cc(CNC(=O)[C@@H]2CCC[C@H]2C(=O)NCc2cc(Cl)cc(Cl)c2)cc(OC)c1. The molecule has 0 unspecified atom stereocenters. The molecule has 0 radical (unpaired) electrons. The van der Waals surface area contributed by atoms with Crippen LogP contribution >= 0.6 is 23.2 Å². The van der Waals surface area contributed by atoms with Crippen LogP contribution < -0.4 is 20.1 Å². The van der Waals surface area contributed by atoms with E-state index in [1.165, 1.54) is 0 Å². The summed E-state index contributed by atoms with van der Waals surface area (Å²) in [6, 6.07) is 10.6. The Labute approximate surface area is 192 Å². The molecule has 0 saturated heterocycles. The summed E-state index contributed by atoms with van der Waals surface area (Å²) >= 11 is 12.0. The quantitative estimate of drug-likeness (QED) is 0.608.